The van der Waals surface area contributed by atoms with Gasteiger partial charge in [0.1, 0.15) is 11.5 Å². The second-order valence-electron chi connectivity index (χ2n) is 5.57. The molecule has 0 bridgehead atoms. The Kier molecular flexibility index (Phi) is 6.55. The summed E-state index contributed by atoms with van der Waals surface area (Å²) in [5.74, 6) is 0.942. The van der Waals surface area contributed by atoms with Crippen LogP contribution in [0.4, 0.5) is 5.13 Å². The molecule has 0 saturated carbocycles. The van der Waals surface area contributed by atoms with Crippen LogP contribution < -0.4 is 14.8 Å². The highest BCUT2D eigenvalue weighted by Crippen LogP contribution is 2.26. The van der Waals surface area contributed by atoms with Crippen molar-refractivity contribution in [3.63, 3.8) is 0 Å². The lowest BCUT2D eigenvalue weighted by molar-refractivity contribution is -0.118. The minimum Gasteiger partial charge on any atom is -0.497 e. The molecular formula is C19H16Cl2N2O3S. The predicted molar refractivity (Wildman–Crippen MR) is 109 cm³/mol. The van der Waals surface area contributed by atoms with Gasteiger partial charge in [0, 0.05) is 23.6 Å². The molecule has 0 aliphatic rings. The van der Waals surface area contributed by atoms with Crippen LogP contribution >= 0.6 is 34.5 Å². The second-order valence-corrected chi connectivity index (χ2v) is 7.50. The van der Waals surface area contributed by atoms with E-state index >= 15 is 0 Å². The number of methoxy groups -OCH3 is 1. The Morgan fingerprint density at radius 2 is 1.96 bits per heavy atom. The zero-order valence-corrected chi connectivity index (χ0v) is 16.7. The average Bonchev–Trinajstić information content (AvgIpc) is 3.10. The van der Waals surface area contributed by atoms with Gasteiger partial charge in [-0.25, -0.2) is 4.98 Å². The first-order valence-corrected chi connectivity index (χ1v) is 9.56. The molecule has 0 aliphatic carbocycles. The molecule has 27 heavy (non-hydrogen) atoms. The first-order chi connectivity index (χ1) is 13.0. The van der Waals surface area contributed by atoms with E-state index < -0.39 is 0 Å². The maximum atomic E-state index is 12.1. The van der Waals surface area contributed by atoms with Crippen molar-refractivity contribution in [2.24, 2.45) is 0 Å². The third kappa shape index (κ3) is 5.60. The Morgan fingerprint density at radius 3 is 2.74 bits per heavy atom. The number of carbonyl (C=O) groups excluding carboxylic acids is 1. The lowest BCUT2D eigenvalue weighted by Gasteiger charge is -2.07. The number of ether oxygens (including phenoxy) is 2. The number of thiazole rings is 1. The monoisotopic (exact) mass is 422 g/mol. The largest absolute Gasteiger partial charge is 0.497 e. The highest BCUT2D eigenvalue weighted by atomic mass is 35.5. The number of anilines is 1. The summed E-state index contributed by atoms with van der Waals surface area (Å²) in [6.07, 6.45) is 2.39. The Morgan fingerprint density at radius 1 is 1.15 bits per heavy atom. The molecule has 5 nitrogen and oxygen atoms in total. The van der Waals surface area contributed by atoms with E-state index in [4.69, 9.17) is 32.7 Å². The summed E-state index contributed by atoms with van der Waals surface area (Å²) in [6.45, 7) is -0.116. The van der Waals surface area contributed by atoms with Crippen LogP contribution in [0.3, 0.4) is 0 Å². The molecule has 0 radical (unpaired) electrons. The first-order valence-electron chi connectivity index (χ1n) is 7.99. The van der Waals surface area contributed by atoms with Crippen LogP contribution in [-0.2, 0) is 11.2 Å². The SMILES string of the molecule is COc1cccc(OCC(=O)Nc2ncc(Cc3ccc(Cl)c(Cl)c3)s2)c1. The molecule has 1 heterocycles. The van der Waals surface area contributed by atoms with E-state index in [1.165, 1.54) is 11.3 Å². The molecule has 2 aromatic carbocycles. The Bertz CT molecular complexity index is 946. The summed E-state index contributed by atoms with van der Waals surface area (Å²) in [5, 5.41) is 4.29. The number of benzene rings is 2. The van der Waals surface area contributed by atoms with Gasteiger partial charge >= 0.3 is 0 Å². The average molecular weight is 423 g/mol. The third-order valence-electron chi connectivity index (χ3n) is 3.57. The Hall–Kier alpha value is -2.28. The molecule has 0 atom stereocenters. The molecule has 0 spiro atoms. The van der Waals surface area contributed by atoms with Gasteiger partial charge in [0.05, 0.1) is 17.2 Å². The number of hydrogen-bond acceptors (Lipinski definition) is 5. The molecule has 0 fully saturated rings. The van der Waals surface area contributed by atoms with Crippen molar-refractivity contribution in [1.29, 1.82) is 0 Å². The minimum absolute atomic E-state index is 0.116. The van der Waals surface area contributed by atoms with Crippen molar-refractivity contribution >= 4 is 45.6 Å². The first kappa shape index (κ1) is 19.5. The molecule has 0 aliphatic heterocycles. The highest BCUT2D eigenvalue weighted by Gasteiger charge is 2.09. The van der Waals surface area contributed by atoms with Crippen molar-refractivity contribution in [3.8, 4) is 11.5 Å². The van der Waals surface area contributed by atoms with Crippen molar-refractivity contribution in [1.82, 2.24) is 4.98 Å². The number of nitrogens with one attached hydrogen (secondary N) is 1. The fourth-order valence-corrected chi connectivity index (χ4v) is 3.48. The molecule has 3 aromatic rings. The number of rotatable bonds is 7. The van der Waals surface area contributed by atoms with Crippen molar-refractivity contribution < 1.29 is 14.3 Å². The van der Waals surface area contributed by atoms with Gasteiger partial charge in [0.15, 0.2) is 11.7 Å². The molecule has 1 aromatic heterocycles. The van der Waals surface area contributed by atoms with Crippen molar-refractivity contribution in [2.45, 2.75) is 6.42 Å². The maximum absolute atomic E-state index is 12.1. The van der Waals surface area contributed by atoms with Gasteiger partial charge in [0.25, 0.3) is 5.91 Å². The van der Waals surface area contributed by atoms with Crippen LogP contribution in [0.15, 0.2) is 48.7 Å². The van der Waals surface area contributed by atoms with E-state index in [-0.39, 0.29) is 12.5 Å². The molecule has 1 amide bonds. The van der Waals surface area contributed by atoms with E-state index in [0.717, 1.165) is 10.4 Å². The fourth-order valence-electron chi connectivity index (χ4n) is 2.29. The van der Waals surface area contributed by atoms with Crippen LogP contribution in [0.25, 0.3) is 0 Å². The lowest BCUT2D eigenvalue weighted by atomic mass is 10.1. The molecule has 1 N–H and O–H groups in total. The van der Waals surface area contributed by atoms with Crippen molar-refractivity contribution in [3.05, 3.63) is 69.1 Å². The second kappa shape index (κ2) is 9.08. The number of amides is 1. The zero-order chi connectivity index (χ0) is 19.2. The standard InChI is InChI=1S/C19H16Cl2N2O3S/c1-25-13-3-2-4-14(9-13)26-11-18(24)23-19-22-10-15(27-19)7-12-5-6-16(20)17(21)8-12/h2-6,8-10H,7,11H2,1H3,(H,22,23,24). The number of carbonyl (C=O) groups is 1. The normalized spacial score (nSPS) is 10.5. The zero-order valence-electron chi connectivity index (χ0n) is 14.4. The summed E-state index contributed by atoms with van der Waals surface area (Å²) in [6, 6.07) is 12.6. The number of aromatic nitrogens is 1. The summed E-state index contributed by atoms with van der Waals surface area (Å²) in [5.41, 5.74) is 1.02. The van der Waals surface area contributed by atoms with E-state index in [1.54, 1.807) is 43.6 Å². The van der Waals surface area contributed by atoms with Gasteiger partial charge in [0.2, 0.25) is 0 Å². The lowest BCUT2D eigenvalue weighted by Crippen LogP contribution is -2.19. The van der Waals surface area contributed by atoms with Crippen LogP contribution in [0, 0.1) is 0 Å². The van der Waals surface area contributed by atoms with Crippen LogP contribution in [0.5, 0.6) is 11.5 Å². The van der Waals surface area contributed by atoms with Gasteiger partial charge in [-0.1, -0.05) is 35.3 Å². The molecule has 140 valence electrons. The highest BCUT2D eigenvalue weighted by molar-refractivity contribution is 7.15. The van der Waals surface area contributed by atoms with Gasteiger partial charge in [-0.15, -0.1) is 11.3 Å². The van der Waals surface area contributed by atoms with E-state index in [9.17, 15) is 4.79 Å². The summed E-state index contributed by atoms with van der Waals surface area (Å²) in [4.78, 5) is 17.3. The topological polar surface area (TPSA) is 60.5 Å². The fraction of sp³-hybridized carbons (Fsp3) is 0.158. The van der Waals surface area contributed by atoms with E-state index in [0.29, 0.717) is 33.1 Å². The number of halogens is 2. The number of hydrogen-bond donors (Lipinski definition) is 1. The molecule has 3 rings (SSSR count). The quantitative estimate of drug-likeness (QED) is 0.577. The molecular weight excluding hydrogens is 407 g/mol. The van der Waals surface area contributed by atoms with Crippen LogP contribution in [0.2, 0.25) is 10.0 Å². The van der Waals surface area contributed by atoms with Crippen molar-refractivity contribution in [2.75, 3.05) is 19.0 Å². The minimum atomic E-state index is -0.284. The van der Waals surface area contributed by atoms with Crippen LogP contribution in [0.1, 0.15) is 10.4 Å². The van der Waals surface area contributed by atoms with Gasteiger partial charge in [-0.05, 0) is 29.8 Å². The summed E-state index contributed by atoms with van der Waals surface area (Å²) in [7, 11) is 1.57. The molecule has 8 heteroatoms. The molecule has 0 unspecified atom stereocenters. The Labute approximate surface area is 170 Å². The summed E-state index contributed by atoms with van der Waals surface area (Å²) >= 11 is 13.4. The van der Waals surface area contributed by atoms with Crippen LogP contribution in [-0.4, -0.2) is 24.6 Å². The number of nitrogens with zero attached hydrogens (tertiary/aromatic N) is 1. The van der Waals surface area contributed by atoms with Gasteiger partial charge in [-0.2, -0.15) is 0 Å². The maximum Gasteiger partial charge on any atom is 0.264 e. The third-order valence-corrected chi connectivity index (χ3v) is 5.23. The smallest absolute Gasteiger partial charge is 0.264 e. The summed E-state index contributed by atoms with van der Waals surface area (Å²) < 4.78 is 10.6. The Balaban J connectivity index is 1.53. The van der Waals surface area contributed by atoms with Gasteiger partial charge < -0.3 is 9.47 Å². The predicted octanol–water partition coefficient (Wildman–Crippen LogP) is 5.07. The molecule has 0 saturated heterocycles. The van der Waals surface area contributed by atoms with E-state index in [2.05, 4.69) is 10.3 Å². The van der Waals surface area contributed by atoms with Gasteiger partial charge in [-0.3, -0.25) is 10.1 Å². The van der Waals surface area contributed by atoms with E-state index in [1.807, 2.05) is 12.1 Å².